The van der Waals surface area contributed by atoms with Gasteiger partial charge in [0.2, 0.25) is 5.91 Å². The Kier molecular flexibility index (Phi) is 64.9. The van der Waals surface area contributed by atoms with E-state index in [1.807, 2.05) is 6.08 Å². The Morgan fingerprint density at radius 2 is 0.610 bits per heavy atom. The minimum absolute atomic E-state index is 0.0167. The summed E-state index contributed by atoms with van der Waals surface area (Å²) in [7, 11) is 0. The van der Waals surface area contributed by atoms with Crippen LogP contribution in [0.4, 0.5) is 0 Å². The predicted octanol–water partition coefficient (Wildman–Crippen LogP) is 22.3. The van der Waals surface area contributed by atoms with Gasteiger partial charge in [-0.15, -0.1) is 0 Å². The molecular weight excluding hydrogens is 947 g/mol. The van der Waals surface area contributed by atoms with Gasteiger partial charge in [0.05, 0.1) is 25.4 Å². The molecule has 0 heterocycles. The van der Waals surface area contributed by atoms with E-state index in [-0.39, 0.29) is 18.5 Å². The molecule has 0 rings (SSSR count). The molecule has 0 aromatic rings. The summed E-state index contributed by atoms with van der Waals surface area (Å²) in [5.74, 6) is -0.0500. The number of rotatable bonds is 65. The Bertz CT molecular complexity index is 1250. The zero-order chi connectivity index (χ0) is 55.7. The number of carbonyl (C=O) groups is 2. The fourth-order valence-corrected chi connectivity index (χ4v) is 10.8. The van der Waals surface area contributed by atoms with Crippen molar-refractivity contribution in [3.05, 3.63) is 36.5 Å². The number of nitrogens with one attached hydrogen (secondary N) is 1. The molecule has 0 aliphatic rings. The fraction of sp³-hybridized carbons (Fsp3) is 0.887. The molecule has 77 heavy (non-hydrogen) atoms. The van der Waals surface area contributed by atoms with Crippen LogP contribution in [0.1, 0.15) is 380 Å². The molecule has 0 aromatic heterocycles. The molecule has 454 valence electrons. The Morgan fingerprint density at radius 3 is 0.922 bits per heavy atom. The summed E-state index contributed by atoms with van der Waals surface area (Å²) >= 11 is 0. The lowest BCUT2D eigenvalue weighted by Gasteiger charge is -2.20. The van der Waals surface area contributed by atoms with Crippen molar-refractivity contribution in [2.24, 2.45) is 0 Å². The molecule has 3 N–H and O–H groups in total. The van der Waals surface area contributed by atoms with Crippen molar-refractivity contribution in [1.29, 1.82) is 0 Å². The number of aliphatic hydroxyl groups excluding tert-OH is 2. The summed E-state index contributed by atoms with van der Waals surface area (Å²) in [5, 5.41) is 23.0. The molecule has 0 fully saturated rings. The number of carbonyl (C=O) groups excluding carboxylic acids is 2. The molecule has 0 saturated heterocycles. The van der Waals surface area contributed by atoms with E-state index in [0.717, 1.165) is 38.5 Å². The third-order valence-electron chi connectivity index (χ3n) is 16.1. The Labute approximate surface area is 481 Å². The van der Waals surface area contributed by atoms with Crippen molar-refractivity contribution in [1.82, 2.24) is 5.32 Å². The van der Waals surface area contributed by atoms with Gasteiger partial charge in [-0.05, 0) is 83.5 Å². The average molecular weight is 1080 g/mol. The van der Waals surface area contributed by atoms with Gasteiger partial charge in [-0.3, -0.25) is 9.59 Å². The highest BCUT2D eigenvalue weighted by Crippen LogP contribution is 2.18. The predicted molar refractivity (Wildman–Crippen MR) is 338 cm³/mol. The van der Waals surface area contributed by atoms with Gasteiger partial charge >= 0.3 is 5.97 Å². The van der Waals surface area contributed by atoms with E-state index in [9.17, 15) is 19.8 Å². The van der Waals surface area contributed by atoms with Gasteiger partial charge in [-0.2, -0.15) is 0 Å². The van der Waals surface area contributed by atoms with Crippen LogP contribution in [0.15, 0.2) is 36.5 Å². The normalized spacial score (nSPS) is 12.7. The third kappa shape index (κ3) is 63.1. The van der Waals surface area contributed by atoms with Crippen molar-refractivity contribution < 1.29 is 24.5 Å². The van der Waals surface area contributed by atoms with Crippen LogP contribution in [0.25, 0.3) is 0 Å². The van der Waals surface area contributed by atoms with Crippen LogP contribution in [0.5, 0.6) is 0 Å². The number of hydrogen-bond acceptors (Lipinski definition) is 5. The van der Waals surface area contributed by atoms with Crippen molar-refractivity contribution in [3.63, 3.8) is 0 Å². The monoisotopic (exact) mass is 1080 g/mol. The van der Waals surface area contributed by atoms with Crippen molar-refractivity contribution in [2.45, 2.75) is 392 Å². The van der Waals surface area contributed by atoms with Crippen LogP contribution in [-0.4, -0.2) is 47.4 Å². The zero-order valence-electron chi connectivity index (χ0n) is 52.0. The van der Waals surface area contributed by atoms with Gasteiger partial charge < -0.3 is 20.3 Å². The first-order valence-corrected chi connectivity index (χ1v) is 34.8. The molecule has 2 unspecified atom stereocenters. The standard InChI is InChI=1S/C71H135NO5/c1-3-5-7-9-11-13-15-16-17-18-31-35-38-41-45-49-53-57-61-65-71(76)77-66-62-58-54-50-46-42-39-36-33-30-28-26-24-22-20-19-21-23-25-27-29-32-34-37-40-44-48-52-56-60-64-70(75)72-68(67-73)69(74)63-59-55-51-47-43-14-12-10-8-6-4-2/h16-17,20,22,59,63,68-69,73-74H,3-15,18-19,21,23-58,60-62,64-67H2,1-2H3,(H,72,75)/b17-16-,22-20-,63-59+. The number of ether oxygens (including phenoxy) is 1. The number of hydrogen-bond donors (Lipinski definition) is 3. The molecule has 0 aromatic carbocycles. The van der Waals surface area contributed by atoms with Crippen LogP contribution in [0.3, 0.4) is 0 Å². The maximum absolute atomic E-state index is 12.4. The fourth-order valence-electron chi connectivity index (χ4n) is 10.8. The third-order valence-corrected chi connectivity index (χ3v) is 16.1. The van der Waals surface area contributed by atoms with Crippen molar-refractivity contribution in [2.75, 3.05) is 13.2 Å². The van der Waals surface area contributed by atoms with Gasteiger partial charge in [0.1, 0.15) is 0 Å². The molecule has 0 radical (unpaired) electrons. The molecule has 0 aliphatic carbocycles. The van der Waals surface area contributed by atoms with Crippen LogP contribution in [0, 0.1) is 0 Å². The van der Waals surface area contributed by atoms with Crippen molar-refractivity contribution >= 4 is 11.9 Å². The first-order valence-electron chi connectivity index (χ1n) is 34.8. The van der Waals surface area contributed by atoms with E-state index < -0.39 is 12.1 Å². The SMILES string of the molecule is CCCCCCCC/C=C\CCCCCCCCCCCC(=O)OCCCCCCCCCCCCCC/C=C\CCCCCCCCCCCCCCCCC(=O)NC(CO)C(O)/C=C/CCCCCCCCCCC. The minimum Gasteiger partial charge on any atom is -0.466 e. The second-order valence-electron chi connectivity index (χ2n) is 23.9. The summed E-state index contributed by atoms with van der Waals surface area (Å²) in [5.41, 5.74) is 0. The number of unbranched alkanes of at least 4 members (excludes halogenated alkanes) is 50. The minimum atomic E-state index is -0.842. The van der Waals surface area contributed by atoms with E-state index in [1.54, 1.807) is 6.08 Å². The molecule has 0 saturated carbocycles. The highest BCUT2D eigenvalue weighted by Gasteiger charge is 2.18. The summed E-state index contributed by atoms with van der Waals surface area (Å²) in [6.07, 6.45) is 85.2. The van der Waals surface area contributed by atoms with Crippen molar-refractivity contribution in [3.8, 4) is 0 Å². The van der Waals surface area contributed by atoms with Gasteiger partial charge in [0, 0.05) is 12.8 Å². The molecule has 2 atom stereocenters. The summed E-state index contributed by atoms with van der Waals surface area (Å²) in [4.78, 5) is 24.5. The van der Waals surface area contributed by atoms with Gasteiger partial charge in [0.15, 0.2) is 0 Å². The lowest BCUT2D eigenvalue weighted by Crippen LogP contribution is -2.45. The maximum atomic E-state index is 12.4. The number of esters is 1. The number of aliphatic hydroxyl groups is 2. The van der Waals surface area contributed by atoms with Gasteiger partial charge in [-0.25, -0.2) is 0 Å². The molecule has 6 heteroatoms. The first kappa shape index (κ1) is 75.1. The van der Waals surface area contributed by atoms with E-state index in [2.05, 4.69) is 43.5 Å². The Balaban J connectivity index is 3.34. The molecule has 1 amide bonds. The topological polar surface area (TPSA) is 95.9 Å². The zero-order valence-corrected chi connectivity index (χ0v) is 52.0. The van der Waals surface area contributed by atoms with Crippen LogP contribution < -0.4 is 5.32 Å². The summed E-state index contributed by atoms with van der Waals surface area (Å²) < 4.78 is 5.51. The van der Waals surface area contributed by atoms with E-state index >= 15 is 0 Å². The summed E-state index contributed by atoms with van der Waals surface area (Å²) in [6, 6.07) is -0.625. The highest BCUT2D eigenvalue weighted by atomic mass is 16.5. The maximum Gasteiger partial charge on any atom is 0.305 e. The van der Waals surface area contributed by atoms with E-state index in [4.69, 9.17) is 4.74 Å². The van der Waals surface area contributed by atoms with Crippen LogP contribution in [-0.2, 0) is 14.3 Å². The van der Waals surface area contributed by atoms with E-state index in [1.165, 1.54) is 315 Å². The molecule has 0 bridgehead atoms. The smallest absolute Gasteiger partial charge is 0.305 e. The van der Waals surface area contributed by atoms with E-state index in [0.29, 0.717) is 19.4 Å². The Hall–Kier alpha value is -1.92. The largest absolute Gasteiger partial charge is 0.466 e. The summed E-state index contributed by atoms with van der Waals surface area (Å²) in [6.45, 7) is 4.91. The lowest BCUT2D eigenvalue weighted by molar-refractivity contribution is -0.143. The molecule has 0 aliphatic heterocycles. The lowest BCUT2D eigenvalue weighted by atomic mass is 10.0. The molecule has 6 nitrogen and oxygen atoms in total. The average Bonchev–Trinajstić information content (AvgIpc) is 3.43. The van der Waals surface area contributed by atoms with Crippen LogP contribution >= 0.6 is 0 Å². The second kappa shape index (κ2) is 66.6. The quantitative estimate of drug-likeness (QED) is 0.0320. The highest BCUT2D eigenvalue weighted by molar-refractivity contribution is 5.76. The van der Waals surface area contributed by atoms with Crippen LogP contribution in [0.2, 0.25) is 0 Å². The number of amides is 1. The van der Waals surface area contributed by atoms with Gasteiger partial charge in [-0.1, -0.05) is 320 Å². The second-order valence-corrected chi connectivity index (χ2v) is 23.9. The first-order chi connectivity index (χ1) is 38.0. The van der Waals surface area contributed by atoms with Gasteiger partial charge in [0.25, 0.3) is 0 Å². The molecule has 0 spiro atoms. The molecular formula is C71H135NO5. The Morgan fingerprint density at radius 1 is 0.351 bits per heavy atom. The number of allylic oxidation sites excluding steroid dienone is 5.